The average molecular weight is 354 g/mol. The van der Waals surface area contributed by atoms with Crippen LogP contribution in [0.2, 0.25) is 0 Å². The van der Waals surface area contributed by atoms with Gasteiger partial charge in [0.15, 0.2) is 0 Å². The van der Waals surface area contributed by atoms with E-state index in [2.05, 4.69) is 41.3 Å². The first-order chi connectivity index (χ1) is 12.6. The lowest BCUT2D eigenvalue weighted by molar-refractivity contribution is -0.0390. The molecule has 6 heteroatoms. The summed E-state index contributed by atoms with van der Waals surface area (Å²) in [6.07, 6.45) is 4.49. The summed E-state index contributed by atoms with van der Waals surface area (Å²) >= 11 is 0. The van der Waals surface area contributed by atoms with Crippen molar-refractivity contribution in [2.24, 2.45) is 7.05 Å². The molecule has 0 unspecified atom stereocenters. The van der Waals surface area contributed by atoms with E-state index < -0.39 is 0 Å². The number of para-hydroxylation sites is 1. The number of piperidine rings is 1. The van der Waals surface area contributed by atoms with Crippen LogP contribution in [0, 0.1) is 0 Å². The van der Waals surface area contributed by atoms with Gasteiger partial charge in [0.25, 0.3) is 5.91 Å². The number of rotatable bonds is 3. The molecule has 2 aromatic rings. The molecule has 0 radical (unpaired) electrons. The first kappa shape index (κ1) is 17.1. The number of likely N-dealkylation sites (tertiary alicyclic amines) is 1. The molecule has 2 aliphatic rings. The van der Waals surface area contributed by atoms with Gasteiger partial charge < -0.3 is 14.5 Å². The molecule has 0 bridgehead atoms. The largest absolute Gasteiger partial charge is 0.373 e. The molecule has 0 N–H and O–H groups in total. The number of benzene rings is 1. The molecule has 4 rings (SSSR count). The van der Waals surface area contributed by atoms with Gasteiger partial charge >= 0.3 is 0 Å². The normalized spacial score (nSPS) is 21.9. The number of anilines is 1. The van der Waals surface area contributed by atoms with Gasteiger partial charge in [0, 0.05) is 39.1 Å². The van der Waals surface area contributed by atoms with Gasteiger partial charge in [0.1, 0.15) is 5.69 Å². The van der Waals surface area contributed by atoms with Gasteiger partial charge in [0.05, 0.1) is 18.2 Å². The molecule has 2 aliphatic heterocycles. The highest BCUT2D eigenvalue weighted by Gasteiger charge is 2.44. The fourth-order valence-corrected chi connectivity index (χ4v) is 4.15. The SMILES string of the molecule is CN(c1ccccc1)[C@H]1COC2(CCN(C(=O)c3ccnn3C)CC2)C1. The van der Waals surface area contributed by atoms with Crippen LogP contribution in [0.5, 0.6) is 0 Å². The molecule has 6 nitrogen and oxygen atoms in total. The first-order valence-corrected chi connectivity index (χ1v) is 9.27. The lowest BCUT2D eigenvalue weighted by Gasteiger charge is -2.39. The van der Waals surface area contributed by atoms with Gasteiger partial charge in [-0.1, -0.05) is 18.2 Å². The quantitative estimate of drug-likeness (QED) is 0.849. The molecule has 2 fully saturated rings. The van der Waals surface area contributed by atoms with Gasteiger partial charge in [-0.05, 0) is 37.5 Å². The Kier molecular flexibility index (Phi) is 4.44. The second-order valence-electron chi connectivity index (χ2n) is 7.43. The van der Waals surface area contributed by atoms with E-state index in [1.54, 1.807) is 16.9 Å². The number of ether oxygens (including phenoxy) is 1. The molecule has 0 saturated carbocycles. The lowest BCUT2D eigenvalue weighted by atomic mass is 9.87. The molecule has 1 aromatic carbocycles. The van der Waals surface area contributed by atoms with Crippen LogP contribution in [0.25, 0.3) is 0 Å². The smallest absolute Gasteiger partial charge is 0.272 e. The van der Waals surface area contributed by atoms with E-state index in [4.69, 9.17) is 4.74 Å². The summed E-state index contributed by atoms with van der Waals surface area (Å²) in [5, 5.41) is 4.10. The van der Waals surface area contributed by atoms with Crippen molar-refractivity contribution in [3.63, 3.8) is 0 Å². The van der Waals surface area contributed by atoms with Gasteiger partial charge in [-0.2, -0.15) is 5.10 Å². The van der Waals surface area contributed by atoms with Crippen LogP contribution in [0.3, 0.4) is 0 Å². The van der Waals surface area contributed by atoms with Gasteiger partial charge in [-0.15, -0.1) is 0 Å². The van der Waals surface area contributed by atoms with E-state index in [9.17, 15) is 4.79 Å². The zero-order chi connectivity index (χ0) is 18.1. The first-order valence-electron chi connectivity index (χ1n) is 9.27. The van der Waals surface area contributed by atoms with E-state index in [0.717, 1.165) is 39.0 Å². The van der Waals surface area contributed by atoms with Crippen molar-refractivity contribution in [3.05, 3.63) is 48.3 Å². The van der Waals surface area contributed by atoms with Crippen molar-refractivity contribution in [3.8, 4) is 0 Å². The van der Waals surface area contributed by atoms with E-state index >= 15 is 0 Å². The maximum absolute atomic E-state index is 12.7. The van der Waals surface area contributed by atoms with Gasteiger partial charge in [-0.25, -0.2) is 0 Å². The molecule has 1 aromatic heterocycles. The number of hydrogen-bond donors (Lipinski definition) is 0. The Morgan fingerprint density at radius 1 is 1.23 bits per heavy atom. The standard InChI is InChI=1S/C20H26N4O2/c1-22(16-6-4-3-5-7-16)17-14-20(26-15-17)9-12-24(13-10-20)19(25)18-8-11-21-23(18)2/h3-8,11,17H,9-10,12-15H2,1-2H3/t17-/m1/s1. The third-order valence-corrected chi connectivity index (χ3v) is 5.90. The summed E-state index contributed by atoms with van der Waals surface area (Å²) in [7, 11) is 3.95. The Labute approximate surface area is 154 Å². The number of aromatic nitrogens is 2. The predicted molar refractivity (Wildman–Crippen MR) is 100 cm³/mol. The predicted octanol–water partition coefficient (Wildman–Crippen LogP) is 2.32. The Morgan fingerprint density at radius 3 is 2.62 bits per heavy atom. The Morgan fingerprint density at radius 2 is 1.96 bits per heavy atom. The van der Waals surface area contributed by atoms with E-state index in [-0.39, 0.29) is 11.5 Å². The molecule has 138 valence electrons. The van der Waals surface area contributed by atoms with Gasteiger partial charge in [-0.3, -0.25) is 9.48 Å². The fraction of sp³-hybridized carbons (Fsp3) is 0.500. The summed E-state index contributed by atoms with van der Waals surface area (Å²) in [6.45, 7) is 2.23. The third kappa shape index (κ3) is 3.09. The number of aryl methyl sites for hydroxylation is 1. The molecule has 26 heavy (non-hydrogen) atoms. The van der Waals surface area contributed by atoms with Crippen LogP contribution in [-0.4, -0.2) is 59.0 Å². The van der Waals surface area contributed by atoms with Crippen LogP contribution < -0.4 is 4.90 Å². The molecule has 1 atom stereocenters. The molecular formula is C20H26N4O2. The number of nitrogens with zero attached hydrogens (tertiary/aromatic N) is 4. The van der Waals surface area contributed by atoms with Crippen LogP contribution in [0.1, 0.15) is 29.8 Å². The van der Waals surface area contributed by atoms with Crippen molar-refractivity contribution < 1.29 is 9.53 Å². The van der Waals surface area contributed by atoms with Crippen molar-refractivity contribution >= 4 is 11.6 Å². The minimum absolute atomic E-state index is 0.0656. The van der Waals surface area contributed by atoms with E-state index in [1.807, 2.05) is 18.0 Å². The van der Waals surface area contributed by atoms with Crippen LogP contribution >= 0.6 is 0 Å². The number of hydrogen-bond acceptors (Lipinski definition) is 4. The van der Waals surface area contributed by atoms with E-state index in [0.29, 0.717) is 11.7 Å². The van der Waals surface area contributed by atoms with Crippen molar-refractivity contribution in [1.82, 2.24) is 14.7 Å². The van der Waals surface area contributed by atoms with Crippen LogP contribution in [-0.2, 0) is 11.8 Å². The minimum atomic E-state index is -0.0864. The molecule has 2 saturated heterocycles. The average Bonchev–Trinajstić information content (AvgIpc) is 3.29. The highest BCUT2D eigenvalue weighted by molar-refractivity contribution is 5.92. The van der Waals surface area contributed by atoms with Gasteiger partial charge in [0.2, 0.25) is 0 Å². The Hall–Kier alpha value is -2.34. The molecule has 1 amide bonds. The summed E-state index contributed by atoms with van der Waals surface area (Å²) in [5.74, 6) is 0.0656. The minimum Gasteiger partial charge on any atom is -0.373 e. The number of amides is 1. The van der Waals surface area contributed by atoms with Crippen molar-refractivity contribution in [2.75, 3.05) is 31.6 Å². The summed E-state index contributed by atoms with van der Waals surface area (Å²) < 4.78 is 7.92. The van der Waals surface area contributed by atoms with Crippen molar-refractivity contribution in [1.29, 1.82) is 0 Å². The highest BCUT2D eigenvalue weighted by Crippen LogP contribution is 2.38. The summed E-state index contributed by atoms with van der Waals surface area (Å²) in [6, 6.07) is 12.6. The highest BCUT2D eigenvalue weighted by atomic mass is 16.5. The Bertz CT molecular complexity index is 765. The second kappa shape index (κ2) is 6.76. The topological polar surface area (TPSA) is 50.6 Å². The number of carbonyl (C=O) groups excluding carboxylic acids is 1. The monoisotopic (exact) mass is 354 g/mol. The zero-order valence-electron chi connectivity index (χ0n) is 15.5. The number of likely N-dealkylation sites (N-methyl/N-ethyl adjacent to an activating group) is 1. The van der Waals surface area contributed by atoms with Crippen LogP contribution in [0.4, 0.5) is 5.69 Å². The molecule has 1 spiro atoms. The maximum atomic E-state index is 12.7. The third-order valence-electron chi connectivity index (χ3n) is 5.90. The zero-order valence-corrected chi connectivity index (χ0v) is 15.5. The fourth-order valence-electron chi connectivity index (χ4n) is 4.15. The van der Waals surface area contributed by atoms with Crippen molar-refractivity contribution in [2.45, 2.75) is 30.9 Å². The lowest BCUT2D eigenvalue weighted by Crippen LogP contribution is -2.47. The molecule has 0 aliphatic carbocycles. The summed E-state index contributed by atoms with van der Waals surface area (Å²) in [4.78, 5) is 16.9. The second-order valence-corrected chi connectivity index (χ2v) is 7.43. The van der Waals surface area contributed by atoms with Crippen LogP contribution in [0.15, 0.2) is 42.6 Å². The Balaban J connectivity index is 1.37. The van der Waals surface area contributed by atoms with E-state index in [1.165, 1.54) is 5.69 Å². The maximum Gasteiger partial charge on any atom is 0.272 e. The summed E-state index contributed by atoms with van der Waals surface area (Å²) in [5.41, 5.74) is 1.79. The molecular weight excluding hydrogens is 328 g/mol. The number of carbonyl (C=O) groups is 1. The molecule has 3 heterocycles.